The maximum atomic E-state index is 12.6. The summed E-state index contributed by atoms with van der Waals surface area (Å²) in [6, 6.07) is 19.4. The van der Waals surface area contributed by atoms with E-state index in [1.165, 1.54) is 0 Å². The fourth-order valence-corrected chi connectivity index (χ4v) is 2.88. The first-order chi connectivity index (χ1) is 13.6. The Balaban J connectivity index is 1.72. The number of ether oxygens (including phenoxy) is 1. The third kappa shape index (κ3) is 4.85. The molecular formula is C22H24N4O2. The third-order valence-electron chi connectivity index (χ3n) is 4.31. The van der Waals surface area contributed by atoms with Gasteiger partial charge in [-0.05, 0) is 24.6 Å². The normalized spacial score (nSPS) is 10.4. The summed E-state index contributed by atoms with van der Waals surface area (Å²) in [5, 5.41) is 2.91. The average Bonchev–Trinajstić information content (AvgIpc) is 2.72. The van der Waals surface area contributed by atoms with Crippen LogP contribution in [-0.4, -0.2) is 30.0 Å². The van der Waals surface area contributed by atoms with Gasteiger partial charge in [0.1, 0.15) is 11.4 Å². The van der Waals surface area contributed by atoms with Crippen molar-refractivity contribution in [1.82, 2.24) is 15.3 Å². The number of methoxy groups -OCH3 is 1. The van der Waals surface area contributed by atoms with E-state index in [1.807, 2.05) is 73.5 Å². The van der Waals surface area contributed by atoms with Crippen LogP contribution in [0.3, 0.4) is 0 Å². The highest BCUT2D eigenvalue weighted by Gasteiger charge is 2.14. The van der Waals surface area contributed by atoms with Crippen LogP contribution < -0.4 is 15.0 Å². The van der Waals surface area contributed by atoms with Crippen molar-refractivity contribution < 1.29 is 9.53 Å². The van der Waals surface area contributed by atoms with Crippen LogP contribution in [0.5, 0.6) is 5.75 Å². The van der Waals surface area contributed by atoms with Crippen LogP contribution in [0.2, 0.25) is 0 Å². The van der Waals surface area contributed by atoms with Gasteiger partial charge >= 0.3 is 0 Å². The second-order valence-corrected chi connectivity index (χ2v) is 6.53. The second-order valence-electron chi connectivity index (χ2n) is 6.53. The molecule has 3 aromatic rings. The van der Waals surface area contributed by atoms with E-state index in [1.54, 1.807) is 13.2 Å². The predicted molar refractivity (Wildman–Crippen MR) is 109 cm³/mol. The fraction of sp³-hybridized carbons (Fsp3) is 0.227. The van der Waals surface area contributed by atoms with Crippen molar-refractivity contribution in [3.63, 3.8) is 0 Å². The zero-order chi connectivity index (χ0) is 19.9. The van der Waals surface area contributed by atoms with Crippen LogP contribution in [0.15, 0.2) is 60.7 Å². The predicted octanol–water partition coefficient (Wildman–Crippen LogP) is 3.36. The lowest BCUT2D eigenvalue weighted by molar-refractivity contribution is 0.0945. The van der Waals surface area contributed by atoms with Crippen molar-refractivity contribution in [1.29, 1.82) is 0 Å². The summed E-state index contributed by atoms with van der Waals surface area (Å²) in [5.74, 6) is 1.02. The molecule has 2 aromatic carbocycles. The first-order valence-electron chi connectivity index (χ1n) is 9.07. The quantitative estimate of drug-likeness (QED) is 0.685. The summed E-state index contributed by atoms with van der Waals surface area (Å²) in [5.41, 5.74) is 3.15. The van der Waals surface area contributed by atoms with Gasteiger partial charge in [0.2, 0.25) is 5.95 Å². The number of carbonyl (C=O) groups is 1. The van der Waals surface area contributed by atoms with E-state index in [4.69, 9.17) is 4.74 Å². The van der Waals surface area contributed by atoms with Gasteiger partial charge in [-0.1, -0.05) is 48.5 Å². The van der Waals surface area contributed by atoms with Crippen LogP contribution >= 0.6 is 0 Å². The molecule has 0 saturated heterocycles. The smallest absolute Gasteiger partial charge is 0.270 e. The van der Waals surface area contributed by atoms with Crippen molar-refractivity contribution >= 4 is 11.9 Å². The lowest BCUT2D eigenvalue weighted by atomic mass is 10.2. The molecule has 0 fully saturated rings. The highest BCUT2D eigenvalue weighted by Crippen LogP contribution is 2.17. The Morgan fingerprint density at radius 1 is 1.07 bits per heavy atom. The SMILES string of the molecule is COc1ccccc1CNC(=O)c1cc(C)nc(N(C)Cc2ccccc2)n1. The number of hydrogen-bond acceptors (Lipinski definition) is 5. The summed E-state index contributed by atoms with van der Waals surface area (Å²) in [6.45, 7) is 2.88. The number of nitrogens with zero attached hydrogens (tertiary/aromatic N) is 3. The molecule has 144 valence electrons. The molecule has 0 spiro atoms. The minimum Gasteiger partial charge on any atom is -0.496 e. The van der Waals surface area contributed by atoms with Crippen LogP contribution in [0.1, 0.15) is 27.3 Å². The maximum Gasteiger partial charge on any atom is 0.270 e. The van der Waals surface area contributed by atoms with Crippen LogP contribution in [-0.2, 0) is 13.1 Å². The van der Waals surface area contributed by atoms with Gasteiger partial charge < -0.3 is 15.0 Å². The Hall–Kier alpha value is -3.41. The molecule has 0 saturated carbocycles. The Bertz CT molecular complexity index is 944. The number of aryl methyl sites for hydroxylation is 1. The summed E-state index contributed by atoms with van der Waals surface area (Å²) in [4.78, 5) is 23.5. The summed E-state index contributed by atoms with van der Waals surface area (Å²) in [7, 11) is 3.53. The summed E-state index contributed by atoms with van der Waals surface area (Å²) in [6.07, 6.45) is 0. The van der Waals surface area contributed by atoms with Gasteiger partial charge in [0, 0.05) is 31.4 Å². The minimum absolute atomic E-state index is 0.245. The first kappa shape index (κ1) is 19.4. The average molecular weight is 376 g/mol. The standard InChI is InChI=1S/C22H24N4O2/c1-16-13-19(21(27)23-14-18-11-7-8-12-20(18)28-3)25-22(24-16)26(2)15-17-9-5-4-6-10-17/h4-13H,14-15H2,1-3H3,(H,23,27). The van der Waals surface area contributed by atoms with E-state index in [0.717, 1.165) is 22.6 Å². The van der Waals surface area contributed by atoms with Gasteiger partial charge in [0.15, 0.2) is 0 Å². The molecule has 0 atom stereocenters. The summed E-state index contributed by atoms with van der Waals surface area (Å²) >= 11 is 0. The minimum atomic E-state index is -0.245. The number of benzene rings is 2. The second kappa shape index (κ2) is 8.99. The third-order valence-corrected chi connectivity index (χ3v) is 4.31. The van der Waals surface area contributed by atoms with Crippen molar-refractivity contribution in [2.75, 3.05) is 19.1 Å². The lowest BCUT2D eigenvalue weighted by Gasteiger charge is -2.18. The van der Waals surface area contributed by atoms with Crippen LogP contribution in [0.25, 0.3) is 0 Å². The number of anilines is 1. The zero-order valence-electron chi connectivity index (χ0n) is 16.3. The Labute approximate surface area is 165 Å². The molecule has 0 aliphatic heterocycles. The molecule has 28 heavy (non-hydrogen) atoms. The van der Waals surface area contributed by atoms with Crippen molar-refractivity contribution in [3.05, 3.63) is 83.2 Å². The van der Waals surface area contributed by atoms with Gasteiger partial charge in [0.05, 0.1) is 7.11 Å². The molecule has 1 N–H and O–H groups in total. The Kier molecular flexibility index (Phi) is 6.22. The number of nitrogens with one attached hydrogen (secondary N) is 1. The molecule has 0 bridgehead atoms. The van der Waals surface area contributed by atoms with Crippen LogP contribution in [0.4, 0.5) is 5.95 Å². The molecule has 1 amide bonds. The number of hydrogen-bond donors (Lipinski definition) is 1. The maximum absolute atomic E-state index is 12.6. The molecule has 0 aliphatic carbocycles. The van der Waals surface area contributed by atoms with Gasteiger partial charge in [0.25, 0.3) is 5.91 Å². The fourth-order valence-electron chi connectivity index (χ4n) is 2.88. The highest BCUT2D eigenvalue weighted by atomic mass is 16.5. The largest absolute Gasteiger partial charge is 0.496 e. The molecule has 6 heteroatoms. The van der Waals surface area contributed by atoms with E-state index in [0.29, 0.717) is 24.7 Å². The van der Waals surface area contributed by atoms with E-state index < -0.39 is 0 Å². The van der Waals surface area contributed by atoms with E-state index in [2.05, 4.69) is 15.3 Å². The van der Waals surface area contributed by atoms with E-state index in [-0.39, 0.29) is 5.91 Å². The Morgan fingerprint density at radius 2 is 1.79 bits per heavy atom. The van der Waals surface area contributed by atoms with Crippen molar-refractivity contribution in [2.24, 2.45) is 0 Å². The van der Waals surface area contributed by atoms with E-state index >= 15 is 0 Å². The monoisotopic (exact) mass is 376 g/mol. The van der Waals surface area contributed by atoms with Gasteiger partial charge in [-0.25, -0.2) is 9.97 Å². The molecule has 0 aliphatic rings. The number of aromatic nitrogens is 2. The molecule has 1 aromatic heterocycles. The van der Waals surface area contributed by atoms with Crippen molar-refractivity contribution in [2.45, 2.75) is 20.0 Å². The molecular weight excluding hydrogens is 352 g/mol. The molecule has 6 nitrogen and oxygen atoms in total. The van der Waals surface area contributed by atoms with Gasteiger partial charge in [-0.2, -0.15) is 0 Å². The molecule has 1 heterocycles. The zero-order valence-corrected chi connectivity index (χ0v) is 16.3. The molecule has 0 unspecified atom stereocenters. The van der Waals surface area contributed by atoms with Crippen LogP contribution in [0, 0.1) is 6.92 Å². The topological polar surface area (TPSA) is 67.3 Å². The number of para-hydroxylation sites is 1. The first-order valence-corrected chi connectivity index (χ1v) is 9.07. The van der Waals surface area contributed by atoms with Gasteiger partial charge in [-0.3, -0.25) is 4.79 Å². The molecule has 3 rings (SSSR count). The van der Waals surface area contributed by atoms with Crippen molar-refractivity contribution in [3.8, 4) is 5.75 Å². The number of carbonyl (C=O) groups excluding carboxylic acids is 1. The lowest BCUT2D eigenvalue weighted by Crippen LogP contribution is -2.26. The summed E-state index contributed by atoms with van der Waals surface area (Å²) < 4.78 is 5.33. The number of amides is 1. The molecule has 0 radical (unpaired) electrons. The van der Waals surface area contributed by atoms with Gasteiger partial charge in [-0.15, -0.1) is 0 Å². The van der Waals surface area contributed by atoms with E-state index in [9.17, 15) is 4.79 Å². The number of rotatable bonds is 7. The highest BCUT2D eigenvalue weighted by molar-refractivity contribution is 5.92. The Morgan fingerprint density at radius 3 is 2.54 bits per heavy atom.